The molecule has 102 valence electrons. The van der Waals surface area contributed by atoms with Crippen molar-refractivity contribution in [3.05, 3.63) is 59.2 Å². The highest BCUT2D eigenvalue weighted by molar-refractivity contribution is 5.94. The minimum Gasteiger partial charge on any atom is -0.478 e. The second kappa shape index (κ2) is 5.44. The summed E-state index contributed by atoms with van der Waals surface area (Å²) in [5.74, 6) is -1.73. The minimum atomic E-state index is -1.21. The highest BCUT2D eigenvalue weighted by atomic mass is 16.5. The molecule has 0 aliphatic carbocycles. The second-order valence-corrected chi connectivity index (χ2v) is 4.27. The van der Waals surface area contributed by atoms with Crippen LogP contribution in [0.3, 0.4) is 0 Å². The molecule has 0 fully saturated rings. The number of carbonyl (C=O) groups is 2. The van der Waals surface area contributed by atoms with E-state index >= 15 is 0 Å². The summed E-state index contributed by atoms with van der Waals surface area (Å²) in [5, 5.41) is 17.9. The quantitative estimate of drug-likeness (QED) is 0.893. The van der Waals surface area contributed by atoms with Crippen LogP contribution < -0.4 is 4.74 Å². The van der Waals surface area contributed by atoms with Gasteiger partial charge in [-0.2, -0.15) is 0 Å². The highest BCUT2D eigenvalue weighted by Gasteiger charge is 2.12. The van der Waals surface area contributed by atoms with E-state index in [2.05, 4.69) is 0 Å². The van der Waals surface area contributed by atoms with Crippen molar-refractivity contribution in [3.63, 3.8) is 0 Å². The predicted octanol–water partition coefficient (Wildman–Crippen LogP) is 3.18. The van der Waals surface area contributed by atoms with Crippen molar-refractivity contribution in [3.8, 4) is 11.5 Å². The van der Waals surface area contributed by atoms with Crippen LogP contribution in [-0.4, -0.2) is 22.2 Å². The summed E-state index contributed by atoms with van der Waals surface area (Å²) in [7, 11) is 0. The van der Waals surface area contributed by atoms with Gasteiger partial charge in [-0.15, -0.1) is 0 Å². The zero-order chi connectivity index (χ0) is 14.7. The van der Waals surface area contributed by atoms with Crippen molar-refractivity contribution in [2.75, 3.05) is 0 Å². The molecule has 2 aromatic rings. The molecule has 0 bridgehead atoms. The van der Waals surface area contributed by atoms with Crippen molar-refractivity contribution >= 4 is 11.9 Å². The molecule has 0 aromatic heterocycles. The SMILES string of the molecule is Cc1ccc(Oc2cc(C(=O)O)cc(C(=O)O)c2)cc1. The third-order valence-corrected chi connectivity index (χ3v) is 2.66. The van der Waals surface area contributed by atoms with E-state index < -0.39 is 11.9 Å². The van der Waals surface area contributed by atoms with Crippen molar-refractivity contribution in [2.24, 2.45) is 0 Å². The fraction of sp³-hybridized carbons (Fsp3) is 0.0667. The molecule has 0 heterocycles. The molecule has 0 aliphatic rings. The molecule has 0 saturated heterocycles. The number of carboxylic acid groups (broad SMARTS) is 2. The standard InChI is InChI=1S/C15H12O5/c1-9-2-4-12(5-3-9)20-13-7-10(14(16)17)6-11(8-13)15(18)19/h2-8H,1H3,(H,16,17)(H,18,19). The van der Waals surface area contributed by atoms with Crippen LogP contribution in [0.4, 0.5) is 0 Å². The molecule has 0 aliphatic heterocycles. The Labute approximate surface area is 115 Å². The summed E-state index contributed by atoms with van der Waals surface area (Å²) in [6.07, 6.45) is 0. The zero-order valence-corrected chi connectivity index (χ0v) is 10.7. The highest BCUT2D eigenvalue weighted by Crippen LogP contribution is 2.24. The van der Waals surface area contributed by atoms with Gasteiger partial charge in [-0.05, 0) is 37.3 Å². The Bertz CT molecular complexity index is 626. The lowest BCUT2D eigenvalue weighted by Gasteiger charge is -2.08. The molecule has 0 radical (unpaired) electrons. The number of carboxylic acids is 2. The van der Waals surface area contributed by atoms with Gasteiger partial charge < -0.3 is 14.9 Å². The zero-order valence-electron chi connectivity index (χ0n) is 10.7. The van der Waals surface area contributed by atoms with Crippen LogP contribution in [0.5, 0.6) is 11.5 Å². The van der Waals surface area contributed by atoms with Crippen molar-refractivity contribution < 1.29 is 24.5 Å². The molecule has 0 atom stereocenters. The van der Waals surface area contributed by atoms with Gasteiger partial charge in [-0.3, -0.25) is 0 Å². The molecular weight excluding hydrogens is 260 g/mol. The number of benzene rings is 2. The van der Waals surface area contributed by atoms with Gasteiger partial charge in [0.25, 0.3) is 0 Å². The Kier molecular flexibility index (Phi) is 3.70. The van der Waals surface area contributed by atoms with Gasteiger partial charge in [0, 0.05) is 0 Å². The van der Waals surface area contributed by atoms with E-state index in [9.17, 15) is 9.59 Å². The third kappa shape index (κ3) is 3.14. The maximum Gasteiger partial charge on any atom is 0.335 e. The molecular formula is C15H12O5. The van der Waals surface area contributed by atoms with E-state index in [0.717, 1.165) is 11.6 Å². The minimum absolute atomic E-state index is 0.132. The van der Waals surface area contributed by atoms with E-state index in [0.29, 0.717) is 5.75 Å². The van der Waals surface area contributed by atoms with Gasteiger partial charge in [0.2, 0.25) is 0 Å². The number of aryl methyl sites for hydroxylation is 1. The summed E-state index contributed by atoms with van der Waals surface area (Å²) in [4.78, 5) is 22.0. The van der Waals surface area contributed by atoms with Gasteiger partial charge in [0.05, 0.1) is 11.1 Å². The molecule has 5 nitrogen and oxygen atoms in total. The smallest absolute Gasteiger partial charge is 0.335 e. The normalized spacial score (nSPS) is 10.1. The Morgan fingerprint density at radius 3 is 1.80 bits per heavy atom. The maximum atomic E-state index is 11.0. The summed E-state index contributed by atoms with van der Waals surface area (Å²) >= 11 is 0. The van der Waals surface area contributed by atoms with E-state index in [-0.39, 0.29) is 16.9 Å². The average molecular weight is 272 g/mol. The molecule has 2 aromatic carbocycles. The Hall–Kier alpha value is -2.82. The molecule has 2 N–H and O–H groups in total. The third-order valence-electron chi connectivity index (χ3n) is 2.66. The van der Waals surface area contributed by atoms with E-state index in [4.69, 9.17) is 14.9 Å². The summed E-state index contributed by atoms with van der Waals surface area (Å²) in [6, 6.07) is 10.8. The van der Waals surface area contributed by atoms with E-state index in [1.54, 1.807) is 12.1 Å². The van der Waals surface area contributed by atoms with Crippen LogP contribution in [0.2, 0.25) is 0 Å². The van der Waals surface area contributed by atoms with E-state index in [1.165, 1.54) is 12.1 Å². The first-order valence-corrected chi connectivity index (χ1v) is 5.82. The van der Waals surface area contributed by atoms with Crippen molar-refractivity contribution in [1.29, 1.82) is 0 Å². The topological polar surface area (TPSA) is 83.8 Å². The van der Waals surface area contributed by atoms with Gasteiger partial charge in [0.1, 0.15) is 11.5 Å². The number of hydrogen-bond donors (Lipinski definition) is 2. The predicted molar refractivity (Wildman–Crippen MR) is 71.6 cm³/mol. The Morgan fingerprint density at radius 2 is 1.35 bits per heavy atom. The lowest BCUT2D eigenvalue weighted by molar-refractivity contribution is 0.0696. The summed E-state index contributed by atoms with van der Waals surface area (Å²) in [5.41, 5.74) is 0.793. The lowest BCUT2D eigenvalue weighted by Crippen LogP contribution is -2.03. The number of hydrogen-bond acceptors (Lipinski definition) is 3. The fourth-order valence-corrected chi connectivity index (χ4v) is 1.65. The van der Waals surface area contributed by atoms with Crippen LogP contribution in [0.15, 0.2) is 42.5 Å². The monoisotopic (exact) mass is 272 g/mol. The molecule has 2 rings (SSSR count). The van der Waals surface area contributed by atoms with Gasteiger partial charge in [0.15, 0.2) is 0 Å². The van der Waals surface area contributed by atoms with Gasteiger partial charge in [-0.25, -0.2) is 9.59 Å². The van der Waals surface area contributed by atoms with Crippen molar-refractivity contribution in [2.45, 2.75) is 6.92 Å². The molecule has 0 amide bonds. The molecule has 20 heavy (non-hydrogen) atoms. The van der Waals surface area contributed by atoms with Crippen LogP contribution in [-0.2, 0) is 0 Å². The Balaban J connectivity index is 2.37. The van der Waals surface area contributed by atoms with E-state index in [1.807, 2.05) is 19.1 Å². The molecule has 0 unspecified atom stereocenters. The van der Waals surface area contributed by atoms with Crippen LogP contribution in [0.1, 0.15) is 26.3 Å². The molecule has 5 heteroatoms. The Morgan fingerprint density at radius 1 is 0.850 bits per heavy atom. The van der Waals surface area contributed by atoms with Gasteiger partial charge >= 0.3 is 11.9 Å². The summed E-state index contributed by atoms with van der Waals surface area (Å²) in [6.45, 7) is 1.93. The summed E-state index contributed by atoms with van der Waals surface area (Å²) < 4.78 is 5.49. The molecule has 0 spiro atoms. The lowest BCUT2D eigenvalue weighted by atomic mass is 10.1. The second-order valence-electron chi connectivity index (χ2n) is 4.27. The number of ether oxygens (including phenoxy) is 1. The largest absolute Gasteiger partial charge is 0.478 e. The molecule has 0 saturated carbocycles. The average Bonchev–Trinajstić information content (AvgIpc) is 2.41. The van der Waals surface area contributed by atoms with Gasteiger partial charge in [-0.1, -0.05) is 17.7 Å². The fourth-order valence-electron chi connectivity index (χ4n) is 1.65. The first kappa shape index (κ1) is 13.6. The number of rotatable bonds is 4. The maximum absolute atomic E-state index is 11.0. The van der Waals surface area contributed by atoms with Crippen LogP contribution >= 0.6 is 0 Å². The number of aromatic carboxylic acids is 2. The van der Waals surface area contributed by atoms with Crippen molar-refractivity contribution in [1.82, 2.24) is 0 Å². The van der Waals surface area contributed by atoms with Crippen LogP contribution in [0.25, 0.3) is 0 Å². The first-order valence-electron chi connectivity index (χ1n) is 5.82. The van der Waals surface area contributed by atoms with Crippen LogP contribution in [0, 0.1) is 6.92 Å². The first-order chi connectivity index (χ1) is 9.45.